The molecule has 0 saturated heterocycles. The molecule has 2 atom stereocenters. The van der Waals surface area contributed by atoms with E-state index in [1.54, 1.807) is 6.07 Å². The maximum Gasteiger partial charge on any atom is 0.255 e. The molecule has 0 spiro atoms. The van der Waals surface area contributed by atoms with Gasteiger partial charge >= 0.3 is 0 Å². The van der Waals surface area contributed by atoms with E-state index in [1.165, 1.54) is 12.1 Å². The Labute approximate surface area is 116 Å². The average molecular weight is 288 g/mol. The van der Waals surface area contributed by atoms with E-state index in [2.05, 4.69) is 5.32 Å². The Balaban J connectivity index is 2.09. The normalized spacial score (nSPS) is 23.0. The number of alkyl halides is 1. The molecule has 2 unspecified atom stereocenters. The van der Waals surface area contributed by atoms with E-state index in [4.69, 9.17) is 23.2 Å². The van der Waals surface area contributed by atoms with Crippen molar-refractivity contribution in [3.8, 4) is 5.75 Å². The second-order valence-electron chi connectivity index (χ2n) is 4.59. The Morgan fingerprint density at radius 2 is 2.22 bits per heavy atom. The number of benzene rings is 1. The lowest BCUT2D eigenvalue weighted by molar-refractivity contribution is 0.0927. The molecule has 2 rings (SSSR count). The first-order chi connectivity index (χ1) is 8.61. The highest BCUT2D eigenvalue weighted by atomic mass is 35.5. The van der Waals surface area contributed by atoms with Gasteiger partial charge in [-0.05, 0) is 37.0 Å². The van der Waals surface area contributed by atoms with Gasteiger partial charge in [0.2, 0.25) is 0 Å². The molecule has 1 aliphatic rings. The summed E-state index contributed by atoms with van der Waals surface area (Å²) in [5.41, 5.74) is 0.211. The van der Waals surface area contributed by atoms with Gasteiger partial charge in [-0.25, -0.2) is 0 Å². The maximum absolute atomic E-state index is 12.1. The van der Waals surface area contributed by atoms with Crippen molar-refractivity contribution in [3.63, 3.8) is 0 Å². The first-order valence-electron chi connectivity index (χ1n) is 5.97. The van der Waals surface area contributed by atoms with Gasteiger partial charge in [0.05, 0.1) is 5.56 Å². The summed E-state index contributed by atoms with van der Waals surface area (Å²) < 4.78 is 0. The molecule has 5 heteroatoms. The summed E-state index contributed by atoms with van der Waals surface area (Å²) in [6.07, 6.45) is 3.05. The van der Waals surface area contributed by atoms with Gasteiger partial charge in [-0.2, -0.15) is 0 Å². The van der Waals surface area contributed by atoms with Crippen LogP contribution in [0.5, 0.6) is 5.75 Å². The summed E-state index contributed by atoms with van der Waals surface area (Å²) in [5.74, 6) is 0.512. The Morgan fingerprint density at radius 1 is 1.44 bits per heavy atom. The lowest BCUT2D eigenvalue weighted by Crippen LogP contribution is -2.37. The first kappa shape index (κ1) is 13.5. The summed E-state index contributed by atoms with van der Waals surface area (Å²) >= 11 is 11.7. The standard InChI is InChI=1S/C13H15Cl2NO2/c14-7-8-2-1-3-11(8)16-13(18)10-6-9(15)4-5-12(10)17/h4-6,8,11,17H,1-3,7H2,(H,16,18). The number of nitrogens with one attached hydrogen (secondary N) is 1. The SMILES string of the molecule is O=C(NC1CCCC1CCl)c1cc(Cl)ccc1O. The van der Waals surface area contributed by atoms with Crippen LogP contribution in [0.4, 0.5) is 0 Å². The smallest absolute Gasteiger partial charge is 0.255 e. The number of phenolic OH excluding ortho intramolecular Hbond substituents is 1. The van der Waals surface area contributed by atoms with E-state index in [9.17, 15) is 9.90 Å². The van der Waals surface area contributed by atoms with Gasteiger partial charge in [-0.1, -0.05) is 18.0 Å². The van der Waals surface area contributed by atoms with Crippen LogP contribution in [0.3, 0.4) is 0 Å². The number of rotatable bonds is 3. The highest BCUT2D eigenvalue weighted by molar-refractivity contribution is 6.31. The molecule has 1 aromatic rings. The van der Waals surface area contributed by atoms with Crippen LogP contribution in [-0.2, 0) is 0 Å². The van der Waals surface area contributed by atoms with Crippen molar-refractivity contribution in [1.82, 2.24) is 5.32 Å². The molecule has 0 aromatic heterocycles. The third-order valence-corrected chi connectivity index (χ3v) is 4.01. The minimum Gasteiger partial charge on any atom is -0.507 e. The Bertz CT molecular complexity index is 451. The summed E-state index contributed by atoms with van der Waals surface area (Å²) in [6, 6.07) is 4.53. The van der Waals surface area contributed by atoms with Crippen molar-refractivity contribution in [3.05, 3.63) is 28.8 Å². The molecular formula is C13H15Cl2NO2. The minimum atomic E-state index is -0.294. The van der Waals surface area contributed by atoms with E-state index in [-0.39, 0.29) is 23.3 Å². The van der Waals surface area contributed by atoms with E-state index in [0.29, 0.717) is 16.8 Å². The van der Waals surface area contributed by atoms with Crippen LogP contribution < -0.4 is 5.32 Å². The zero-order valence-electron chi connectivity index (χ0n) is 9.83. The van der Waals surface area contributed by atoms with Crippen molar-refractivity contribution in [2.45, 2.75) is 25.3 Å². The van der Waals surface area contributed by atoms with Crippen LogP contribution in [0.25, 0.3) is 0 Å². The Kier molecular flexibility index (Phi) is 4.36. The fourth-order valence-electron chi connectivity index (χ4n) is 2.35. The van der Waals surface area contributed by atoms with Gasteiger partial charge in [-0.3, -0.25) is 4.79 Å². The zero-order valence-corrected chi connectivity index (χ0v) is 11.3. The summed E-state index contributed by atoms with van der Waals surface area (Å²) in [6.45, 7) is 0. The molecule has 1 fully saturated rings. The highest BCUT2D eigenvalue weighted by Gasteiger charge is 2.28. The quantitative estimate of drug-likeness (QED) is 0.839. The monoisotopic (exact) mass is 287 g/mol. The number of phenols is 1. The van der Waals surface area contributed by atoms with E-state index < -0.39 is 0 Å². The maximum atomic E-state index is 12.1. The van der Waals surface area contributed by atoms with Crippen LogP contribution in [-0.4, -0.2) is 22.9 Å². The molecule has 0 heterocycles. The number of halogens is 2. The van der Waals surface area contributed by atoms with Gasteiger partial charge in [0, 0.05) is 16.9 Å². The van der Waals surface area contributed by atoms with Crippen molar-refractivity contribution in [1.29, 1.82) is 0 Å². The van der Waals surface area contributed by atoms with Gasteiger partial charge in [0.15, 0.2) is 0 Å². The predicted octanol–water partition coefficient (Wildman–Crippen LogP) is 3.18. The molecular weight excluding hydrogens is 273 g/mol. The van der Waals surface area contributed by atoms with Crippen LogP contribution in [0.15, 0.2) is 18.2 Å². The van der Waals surface area contributed by atoms with Crippen molar-refractivity contribution in [2.24, 2.45) is 5.92 Å². The number of aromatic hydroxyl groups is 1. The molecule has 1 saturated carbocycles. The number of amides is 1. The molecule has 1 aromatic carbocycles. The molecule has 3 nitrogen and oxygen atoms in total. The fraction of sp³-hybridized carbons (Fsp3) is 0.462. The third-order valence-electron chi connectivity index (χ3n) is 3.38. The van der Waals surface area contributed by atoms with Crippen molar-refractivity contribution >= 4 is 29.1 Å². The topological polar surface area (TPSA) is 49.3 Å². The second-order valence-corrected chi connectivity index (χ2v) is 5.33. The molecule has 1 aliphatic carbocycles. The molecule has 18 heavy (non-hydrogen) atoms. The predicted molar refractivity (Wildman–Crippen MR) is 72.4 cm³/mol. The number of hydrogen-bond donors (Lipinski definition) is 2. The summed E-state index contributed by atoms with van der Waals surface area (Å²) in [5, 5.41) is 13.0. The number of carbonyl (C=O) groups is 1. The number of carbonyl (C=O) groups excluding carboxylic acids is 1. The van der Waals surface area contributed by atoms with Gasteiger partial charge < -0.3 is 10.4 Å². The van der Waals surface area contributed by atoms with Crippen LogP contribution in [0, 0.1) is 5.92 Å². The first-order valence-corrected chi connectivity index (χ1v) is 6.88. The van der Waals surface area contributed by atoms with Crippen LogP contribution in [0.1, 0.15) is 29.6 Å². The van der Waals surface area contributed by atoms with Crippen molar-refractivity contribution < 1.29 is 9.90 Å². The largest absolute Gasteiger partial charge is 0.507 e. The van der Waals surface area contributed by atoms with E-state index in [1.807, 2.05) is 0 Å². The lowest BCUT2D eigenvalue weighted by Gasteiger charge is -2.19. The third kappa shape index (κ3) is 2.90. The van der Waals surface area contributed by atoms with E-state index in [0.717, 1.165) is 19.3 Å². The highest BCUT2D eigenvalue weighted by Crippen LogP contribution is 2.28. The average Bonchev–Trinajstić information content (AvgIpc) is 2.79. The minimum absolute atomic E-state index is 0.0580. The molecule has 0 bridgehead atoms. The van der Waals surface area contributed by atoms with Crippen LogP contribution >= 0.6 is 23.2 Å². The van der Waals surface area contributed by atoms with Crippen molar-refractivity contribution in [2.75, 3.05) is 5.88 Å². The number of hydrogen-bond acceptors (Lipinski definition) is 2. The lowest BCUT2D eigenvalue weighted by atomic mass is 10.1. The molecule has 1 amide bonds. The van der Waals surface area contributed by atoms with Crippen LogP contribution in [0.2, 0.25) is 5.02 Å². The summed E-state index contributed by atoms with van der Waals surface area (Å²) in [7, 11) is 0. The zero-order chi connectivity index (χ0) is 13.1. The Hall–Kier alpha value is -0.930. The Morgan fingerprint density at radius 3 is 2.94 bits per heavy atom. The van der Waals surface area contributed by atoms with E-state index >= 15 is 0 Å². The second kappa shape index (κ2) is 5.81. The van der Waals surface area contributed by atoms with Gasteiger partial charge in [0.1, 0.15) is 5.75 Å². The van der Waals surface area contributed by atoms with Gasteiger partial charge in [0.25, 0.3) is 5.91 Å². The molecule has 98 valence electrons. The molecule has 0 radical (unpaired) electrons. The molecule has 2 N–H and O–H groups in total. The van der Waals surface area contributed by atoms with Gasteiger partial charge in [-0.15, -0.1) is 11.6 Å². The summed E-state index contributed by atoms with van der Waals surface area (Å²) in [4.78, 5) is 12.1. The molecule has 0 aliphatic heterocycles. The fourth-order valence-corrected chi connectivity index (χ4v) is 2.89.